The molecule has 0 aliphatic rings. The first-order valence-electron chi connectivity index (χ1n) is 8.93. The van der Waals surface area contributed by atoms with Crippen molar-refractivity contribution < 1.29 is 9.53 Å². The number of benzene rings is 2. The first-order valence-corrected chi connectivity index (χ1v) is 8.93. The van der Waals surface area contributed by atoms with Crippen LogP contribution in [0.2, 0.25) is 0 Å². The lowest BCUT2D eigenvalue weighted by Crippen LogP contribution is -2.09. The lowest BCUT2D eigenvalue weighted by Gasteiger charge is -2.07. The minimum atomic E-state index is -0.118. The Morgan fingerprint density at radius 1 is 0.870 bits per heavy atom. The standard InChI is InChI=1S/C21H28O2/c1-2-3-4-5-6-7-10-16-23-21(22)17-19-14-11-13-18-12-8-9-15-20(18)19/h8-9,11-15H,2-7,10,16-17H2,1H3. The molecule has 2 aromatic carbocycles. The third-order valence-electron chi connectivity index (χ3n) is 4.23. The highest BCUT2D eigenvalue weighted by molar-refractivity contribution is 5.88. The predicted molar refractivity (Wildman–Crippen MR) is 96.6 cm³/mol. The van der Waals surface area contributed by atoms with Gasteiger partial charge in [0.25, 0.3) is 0 Å². The van der Waals surface area contributed by atoms with Crippen LogP contribution in [0.5, 0.6) is 0 Å². The molecule has 0 aliphatic carbocycles. The van der Waals surface area contributed by atoms with Crippen LogP contribution in [0.15, 0.2) is 42.5 Å². The molecule has 23 heavy (non-hydrogen) atoms. The summed E-state index contributed by atoms with van der Waals surface area (Å²) in [5, 5.41) is 2.31. The summed E-state index contributed by atoms with van der Waals surface area (Å²) in [5.41, 5.74) is 1.05. The summed E-state index contributed by atoms with van der Waals surface area (Å²) < 4.78 is 5.38. The van der Waals surface area contributed by atoms with Crippen molar-refractivity contribution in [3.8, 4) is 0 Å². The number of esters is 1. The molecule has 0 amide bonds. The van der Waals surface area contributed by atoms with E-state index in [2.05, 4.69) is 25.1 Å². The van der Waals surface area contributed by atoms with Crippen LogP contribution in [0, 0.1) is 0 Å². The molecule has 0 N–H and O–H groups in total. The molecular formula is C21H28O2. The first-order chi connectivity index (χ1) is 11.3. The zero-order chi connectivity index (χ0) is 16.3. The Bertz CT molecular complexity index is 598. The minimum absolute atomic E-state index is 0.118. The Morgan fingerprint density at radius 2 is 1.57 bits per heavy atom. The zero-order valence-electron chi connectivity index (χ0n) is 14.2. The zero-order valence-corrected chi connectivity index (χ0v) is 14.2. The molecule has 0 bridgehead atoms. The fourth-order valence-corrected chi connectivity index (χ4v) is 2.90. The van der Waals surface area contributed by atoms with Crippen LogP contribution in [0.25, 0.3) is 10.8 Å². The number of hydrogen-bond acceptors (Lipinski definition) is 2. The monoisotopic (exact) mass is 312 g/mol. The van der Waals surface area contributed by atoms with Gasteiger partial charge in [0.05, 0.1) is 13.0 Å². The Labute approximate surface area is 139 Å². The number of fused-ring (bicyclic) bond motifs is 1. The molecule has 0 aromatic heterocycles. The molecule has 124 valence electrons. The van der Waals surface area contributed by atoms with E-state index >= 15 is 0 Å². The Hall–Kier alpha value is -1.83. The molecule has 2 nitrogen and oxygen atoms in total. The van der Waals surface area contributed by atoms with Gasteiger partial charge in [-0.3, -0.25) is 4.79 Å². The topological polar surface area (TPSA) is 26.3 Å². The van der Waals surface area contributed by atoms with Gasteiger partial charge in [0.1, 0.15) is 0 Å². The lowest BCUT2D eigenvalue weighted by molar-refractivity contribution is -0.142. The van der Waals surface area contributed by atoms with E-state index in [4.69, 9.17) is 4.74 Å². The van der Waals surface area contributed by atoms with Gasteiger partial charge < -0.3 is 4.74 Å². The maximum atomic E-state index is 12.0. The average Bonchev–Trinajstić information content (AvgIpc) is 2.57. The molecule has 0 saturated carbocycles. The predicted octanol–water partition coefficient (Wildman–Crippen LogP) is 5.68. The molecule has 0 spiro atoms. The summed E-state index contributed by atoms with van der Waals surface area (Å²) in [5.74, 6) is -0.118. The van der Waals surface area contributed by atoms with E-state index in [-0.39, 0.29) is 5.97 Å². The van der Waals surface area contributed by atoms with Crippen LogP contribution in [0.3, 0.4) is 0 Å². The normalized spacial score (nSPS) is 10.8. The minimum Gasteiger partial charge on any atom is -0.465 e. The fraction of sp³-hybridized carbons (Fsp3) is 0.476. The van der Waals surface area contributed by atoms with Gasteiger partial charge in [0.15, 0.2) is 0 Å². The average molecular weight is 312 g/mol. The number of ether oxygens (including phenoxy) is 1. The van der Waals surface area contributed by atoms with Crippen LogP contribution in [0.1, 0.15) is 57.4 Å². The fourth-order valence-electron chi connectivity index (χ4n) is 2.90. The number of carbonyl (C=O) groups is 1. The highest BCUT2D eigenvalue weighted by Crippen LogP contribution is 2.19. The molecule has 0 fully saturated rings. The van der Waals surface area contributed by atoms with Gasteiger partial charge in [-0.15, -0.1) is 0 Å². The third-order valence-corrected chi connectivity index (χ3v) is 4.23. The lowest BCUT2D eigenvalue weighted by atomic mass is 10.0. The summed E-state index contributed by atoms with van der Waals surface area (Å²) >= 11 is 0. The number of rotatable bonds is 10. The van der Waals surface area contributed by atoms with Crippen molar-refractivity contribution in [2.75, 3.05) is 6.61 Å². The highest BCUT2D eigenvalue weighted by atomic mass is 16.5. The van der Waals surface area contributed by atoms with E-state index in [9.17, 15) is 4.79 Å². The Kier molecular flexibility index (Phi) is 7.65. The van der Waals surface area contributed by atoms with E-state index in [1.54, 1.807) is 0 Å². The third kappa shape index (κ3) is 6.05. The van der Waals surface area contributed by atoms with E-state index in [0.29, 0.717) is 13.0 Å². The molecule has 0 saturated heterocycles. The second kappa shape index (κ2) is 10.0. The van der Waals surface area contributed by atoms with E-state index in [1.807, 2.05) is 24.3 Å². The summed E-state index contributed by atoms with van der Waals surface area (Å²) in [6, 6.07) is 14.2. The van der Waals surface area contributed by atoms with Crippen molar-refractivity contribution in [1.82, 2.24) is 0 Å². The van der Waals surface area contributed by atoms with Crippen LogP contribution in [0.4, 0.5) is 0 Å². The molecule has 0 unspecified atom stereocenters. The van der Waals surface area contributed by atoms with Crippen LogP contribution in [-0.4, -0.2) is 12.6 Å². The maximum absolute atomic E-state index is 12.0. The van der Waals surface area contributed by atoms with Gasteiger partial charge in [-0.05, 0) is 22.8 Å². The van der Waals surface area contributed by atoms with Crippen molar-refractivity contribution in [3.05, 3.63) is 48.0 Å². The van der Waals surface area contributed by atoms with E-state index in [1.165, 1.54) is 37.5 Å². The molecule has 0 atom stereocenters. The first kappa shape index (κ1) is 17.5. The van der Waals surface area contributed by atoms with Crippen molar-refractivity contribution in [2.24, 2.45) is 0 Å². The quantitative estimate of drug-likeness (QED) is 0.417. The van der Waals surface area contributed by atoms with Gasteiger partial charge in [-0.2, -0.15) is 0 Å². The summed E-state index contributed by atoms with van der Waals surface area (Å²) in [6.07, 6.45) is 9.00. The van der Waals surface area contributed by atoms with E-state index < -0.39 is 0 Å². The van der Waals surface area contributed by atoms with Gasteiger partial charge in [0.2, 0.25) is 0 Å². The number of carbonyl (C=O) groups excluding carboxylic acids is 1. The molecule has 2 heteroatoms. The largest absolute Gasteiger partial charge is 0.465 e. The second-order valence-corrected chi connectivity index (χ2v) is 6.16. The van der Waals surface area contributed by atoms with E-state index in [0.717, 1.165) is 23.8 Å². The molecule has 2 rings (SSSR count). The highest BCUT2D eigenvalue weighted by Gasteiger charge is 2.07. The van der Waals surface area contributed by atoms with Gasteiger partial charge >= 0.3 is 5.97 Å². The van der Waals surface area contributed by atoms with Gasteiger partial charge in [0, 0.05) is 0 Å². The van der Waals surface area contributed by atoms with Gasteiger partial charge in [-0.25, -0.2) is 0 Å². The Morgan fingerprint density at radius 3 is 2.39 bits per heavy atom. The number of hydrogen-bond donors (Lipinski definition) is 0. The molecule has 0 radical (unpaired) electrons. The van der Waals surface area contributed by atoms with Crippen molar-refractivity contribution in [3.63, 3.8) is 0 Å². The van der Waals surface area contributed by atoms with Crippen molar-refractivity contribution in [1.29, 1.82) is 0 Å². The van der Waals surface area contributed by atoms with Crippen LogP contribution < -0.4 is 0 Å². The van der Waals surface area contributed by atoms with Crippen LogP contribution in [-0.2, 0) is 16.0 Å². The summed E-state index contributed by atoms with van der Waals surface area (Å²) in [7, 11) is 0. The second-order valence-electron chi connectivity index (χ2n) is 6.16. The van der Waals surface area contributed by atoms with Crippen LogP contribution >= 0.6 is 0 Å². The Balaban J connectivity index is 1.68. The van der Waals surface area contributed by atoms with Gasteiger partial charge in [-0.1, -0.05) is 87.9 Å². The molecule has 0 heterocycles. The SMILES string of the molecule is CCCCCCCCCOC(=O)Cc1cccc2ccccc12. The smallest absolute Gasteiger partial charge is 0.310 e. The number of unbranched alkanes of at least 4 members (excludes halogenated alkanes) is 6. The maximum Gasteiger partial charge on any atom is 0.310 e. The van der Waals surface area contributed by atoms with Crippen molar-refractivity contribution in [2.45, 2.75) is 58.3 Å². The van der Waals surface area contributed by atoms with Crippen molar-refractivity contribution >= 4 is 16.7 Å². The molecular weight excluding hydrogens is 284 g/mol. The summed E-state index contributed by atoms with van der Waals surface area (Å²) in [6.45, 7) is 2.78. The molecule has 0 aliphatic heterocycles. The molecule has 2 aromatic rings. The summed E-state index contributed by atoms with van der Waals surface area (Å²) in [4.78, 5) is 12.0.